The molecule has 0 amide bonds. The van der Waals surface area contributed by atoms with Crippen molar-refractivity contribution in [2.45, 2.75) is 59.3 Å². The van der Waals surface area contributed by atoms with Crippen LogP contribution in [0.2, 0.25) is 6.55 Å². The predicted octanol–water partition coefficient (Wildman–Crippen LogP) is 2.73. The topological polar surface area (TPSA) is 18.5 Å². The maximum atomic E-state index is 5.65. The summed E-state index contributed by atoms with van der Waals surface area (Å²) < 4.78 is 11.3. The molecule has 0 bridgehead atoms. The predicted molar refractivity (Wildman–Crippen MR) is 53.3 cm³/mol. The number of hydrogen-bond acceptors (Lipinski definition) is 2. The second-order valence-electron chi connectivity index (χ2n) is 3.17. The van der Waals surface area contributed by atoms with E-state index in [0.717, 1.165) is 12.8 Å². The van der Waals surface area contributed by atoms with Gasteiger partial charge in [-0.25, -0.2) is 0 Å². The van der Waals surface area contributed by atoms with Crippen molar-refractivity contribution < 1.29 is 8.85 Å². The van der Waals surface area contributed by atoms with E-state index >= 15 is 0 Å². The third-order valence-electron chi connectivity index (χ3n) is 1.88. The lowest BCUT2D eigenvalue weighted by atomic mass is 10.3. The quantitative estimate of drug-likeness (QED) is 0.598. The van der Waals surface area contributed by atoms with E-state index in [-0.39, 0.29) is 0 Å². The fourth-order valence-electron chi connectivity index (χ4n) is 0.761. The van der Waals surface area contributed by atoms with Crippen LogP contribution < -0.4 is 0 Å². The van der Waals surface area contributed by atoms with Crippen LogP contribution in [-0.4, -0.2) is 21.5 Å². The Bertz CT molecular complexity index is 96.7. The van der Waals surface area contributed by atoms with Gasteiger partial charge in [0.25, 0.3) is 0 Å². The molecule has 2 unspecified atom stereocenters. The van der Waals surface area contributed by atoms with Gasteiger partial charge in [-0.05, 0) is 33.2 Å². The summed E-state index contributed by atoms with van der Waals surface area (Å²) in [4.78, 5) is 0. The molecule has 0 aliphatic rings. The van der Waals surface area contributed by atoms with Gasteiger partial charge in [0.1, 0.15) is 0 Å². The van der Waals surface area contributed by atoms with E-state index in [1.807, 2.05) is 0 Å². The smallest absolute Gasteiger partial charge is 0.381 e. The minimum absolute atomic E-state index is 0.341. The van der Waals surface area contributed by atoms with Crippen LogP contribution in [0.1, 0.15) is 40.5 Å². The molecule has 0 saturated carbocycles. The Morgan fingerprint density at radius 2 is 1.33 bits per heavy atom. The van der Waals surface area contributed by atoms with E-state index in [0.29, 0.717) is 12.2 Å². The molecular formula is C9H21O2Si. The summed E-state index contributed by atoms with van der Waals surface area (Å²) in [6.45, 7) is 10.5. The Labute approximate surface area is 78.1 Å². The minimum atomic E-state index is -1.01. The van der Waals surface area contributed by atoms with Crippen molar-refractivity contribution >= 4 is 9.28 Å². The molecule has 12 heavy (non-hydrogen) atoms. The monoisotopic (exact) mass is 189 g/mol. The van der Waals surface area contributed by atoms with E-state index in [1.165, 1.54) is 0 Å². The minimum Gasteiger partial charge on any atom is -0.391 e. The van der Waals surface area contributed by atoms with Crippen molar-refractivity contribution in [1.29, 1.82) is 0 Å². The third-order valence-corrected chi connectivity index (χ3v) is 3.35. The summed E-state index contributed by atoms with van der Waals surface area (Å²) in [6, 6.07) is 0. The van der Waals surface area contributed by atoms with Crippen molar-refractivity contribution in [1.82, 2.24) is 0 Å². The Balaban J connectivity index is 3.51. The molecule has 0 aromatic heterocycles. The van der Waals surface area contributed by atoms with E-state index in [2.05, 4.69) is 34.2 Å². The van der Waals surface area contributed by atoms with Gasteiger partial charge in [0, 0.05) is 12.2 Å². The first-order valence-electron chi connectivity index (χ1n) is 4.77. The zero-order valence-electron chi connectivity index (χ0n) is 8.89. The largest absolute Gasteiger partial charge is 0.391 e. The lowest BCUT2D eigenvalue weighted by molar-refractivity contribution is 0.115. The van der Waals surface area contributed by atoms with E-state index in [4.69, 9.17) is 8.85 Å². The number of hydrogen-bond donors (Lipinski definition) is 0. The fraction of sp³-hybridized carbons (Fsp3) is 1.00. The maximum absolute atomic E-state index is 5.65. The highest BCUT2D eigenvalue weighted by Crippen LogP contribution is 2.04. The molecule has 0 aliphatic carbocycles. The third kappa shape index (κ3) is 5.74. The standard InChI is InChI=1S/C9H21O2Si/c1-6-8(3)10-12(5)11-9(4)7-2/h8-9H,6-7H2,1-5H3. The van der Waals surface area contributed by atoms with E-state index in [9.17, 15) is 0 Å². The molecule has 0 rings (SSSR count). The maximum Gasteiger partial charge on any atom is 0.381 e. The van der Waals surface area contributed by atoms with Gasteiger partial charge in [-0.2, -0.15) is 0 Å². The summed E-state index contributed by atoms with van der Waals surface area (Å²) in [7, 11) is -1.01. The first-order valence-corrected chi connectivity index (χ1v) is 6.58. The summed E-state index contributed by atoms with van der Waals surface area (Å²) in [6.07, 6.45) is 2.80. The van der Waals surface area contributed by atoms with Crippen molar-refractivity contribution in [2.24, 2.45) is 0 Å². The normalized spacial score (nSPS) is 16.5. The van der Waals surface area contributed by atoms with Crippen LogP contribution in [0.3, 0.4) is 0 Å². The molecule has 73 valence electrons. The van der Waals surface area contributed by atoms with Gasteiger partial charge < -0.3 is 8.85 Å². The molecular weight excluding hydrogens is 168 g/mol. The molecule has 3 heteroatoms. The summed E-state index contributed by atoms with van der Waals surface area (Å²) in [5.41, 5.74) is 0. The average Bonchev–Trinajstić information content (AvgIpc) is 2.03. The van der Waals surface area contributed by atoms with Gasteiger partial charge in [0.15, 0.2) is 0 Å². The van der Waals surface area contributed by atoms with Crippen LogP contribution in [-0.2, 0) is 8.85 Å². The van der Waals surface area contributed by atoms with Crippen molar-refractivity contribution in [3.05, 3.63) is 0 Å². The molecule has 0 aliphatic heterocycles. The SMILES string of the molecule is CCC(C)O[Si](C)OC(C)CC. The molecule has 0 N–H and O–H groups in total. The molecule has 0 heterocycles. The van der Waals surface area contributed by atoms with Crippen LogP contribution >= 0.6 is 0 Å². The highest BCUT2D eigenvalue weighted by Gasteiger charge is 2.14. The average molecular weight is 189 g/mol. The molecule has 0 aromatic carbocycles. The first kappa shape index (κ1) is 12.1. The second kappa shape index (κ2) is 6.63. The lowest BCUT2D eigenvalue weighted by Crippen LogP contribution is -2.27. The molecule has 0 saturated heterocycles. The van der Waals surface area contributed by atoms with Gasteiger partial charge in [-0.1, -0.05) is 13.8 Å². The van der Waals surface area contributed by atoms with Gasteiger partial charge in [-0.15, -0.1) is 0 Å². The van der Waals surface area contributed by atoms with Crippen molar-refractivity contribution in [3.63, 3.8) is 0 Å². The first-order chi connectivity index (χ1) is 5.60. The van der Waals surface area contributed by atoms with Crippen LogP contribution in [0, 0.1) is 0 Å². The van der Waals surface area contributed by atoms with Crippen LogP contribution in [0.5, 0.6) is 0 Å². The number of rotatable bonds is 6. The van der Waals surface area contributed by atoms with E-state index in [1.54, 1.807) is 0 Å². The van der Waals surface area contributed by atoms with Crippen LogP contribution in [0.15, 0.2) is 0 Å². The Morgan fingerprint density at radius 3 is 1.58 bits per heavy atom. The van der Waals surface area contributed by atoms with Gasteiger partial charge in [-0.3, -0.25) is 0 Å². The Hall–Kier alpha value is 0.137. The van der Waals surface area contributed by atoms with Crippen molar-refractivity contribution in [2.75, 3.05) is 0 Å². The highest BCUT2D eigenvalue weighted by molar-refractivity contribution is 6.42. The zero-order chi connectivity index (χ0) is 9.56. The second-order valence-corrected chi connectivity index (χ2v) is 4.62. The van der Waals surface area contributed by atoms with Gasteiger partial charge in [0.2, 0.25) is 0 Å². The fourth-order valence-corrected chi connectivity index (χ4v) is 2.28. The molecule has 2 atom stereocenters. The zero-order valence-corrected chi connectivity index (χ0v) is 9.89. The molecule has 0 aromatic rings. The van der Waals surface area contributed by atoms with Crippen LogP contribution in [0.25, 0.3) is 0 Å². The lowest BCUT2D eigenvalue weighted by Gasteiger charge is -2.19. The summed E-state index contributed by atoms with van der Waals surface area (Å²) in [5.74, 6) is 0. The van der Waals surface area contributed by atoms with Gasteiger partial charge >= 0.3 is 9.28 Å². The summed E-state index contributed by atoms with van der Waals surface area (Å²) in [5, 5.41) is 0. The summed E-state index contributed by atoms with van der Waals surface area (Å²) >= 11 is 0. The van der Waals surface area contributed by atoms with Crippen LogP contribution in [0.4, 0.5) is 0 Å². The molecule has 0 spiro atoms. The highest BCUT2D eigenvalue weighted by atomic mass is 28.3. The molecule has 2 nitrogen and oxygen atoms in total. The molecule has 1 radical (unpaired) electrons. The van der Waals surface area contributed by atoms with Crippen molar-refractivity contribution in [3.8, 4) is 0 Å². The Morgan fingerprint density at radius 1 is 1.00 bits per heavy atom. The Kier molecular flexibility index (Phi) is 6.71. The van der Waals surface area contributed by atoms with E-state index < -0.39 is 9.28 Å². The van der Waals surface area contributed by atoms with Gasteiger partial charge in [0.05, 0.1) is 0 Å². The molecule has 0 fully saturated rings.